The summed E-state index contributed by atoms with van der Waals surface area (Å²) in [5, 5.41) is 18.6. The van der Waals surface area contributed by atoms with E-state index in [2.05, 4.69) is 30.7 Å². The maximum atomic E-state index is 13.8. The van der Waals surface area contributed by atoms with Gasteiger partial charge in [0.05, 0.1) is 17.3 Å². The lowest BCUT2D eigenvalue weighted by Gasteiger charge is -2.33. The van der Waals surface area contributed by atoms with Crippen molar-refractivity contribution in [1.82, 2.24) is 35.3 Å². The van der Waals surface area contributed by atoms with Crippen molar-refractivity contribution < 1.29 is 18.0 Å². The highest BCUT2D eigenvalue weighted by atomic mass is 19.4. The maximum Gasteiger partial charge on any atom is 0.433 e. The number of hydrogen-bond donors (Lipinski definition) is 2. The number of fused-ring (bicyclic) bond motifs is 1. The second kappa shape index (κ2) is 9.03. The highest BCUT2D eigenvalue weighted by Crippen LogP contribution is 2.43. The average molecular weight is 498 g/mol. The minimum atomic E-state index is -4.66. The first-order valence-electron chi connectivity index (χ1n) is 11.8. The summed E-state index contributed by atoms with van der Waals surface area (Å²) in [6.45, 7) is 2.90. The summed E-state index contributed by atoms with van der Waals surface area (Å²) in [5.74, 6) is 0.941. The Kier molecular flexibility index (Phi) is 6.01. The maximum absolute atomic E-state index is 13.8. The zero-order valence-corrected chi connectivity index (χ0v) is 20.1. The van der Waals surface area contributed by atoms with Crippen molar-refractivity contribution in [3.05, 3.63) is 59.4 Å². The third-order valence-electron chi connectivity index (χ3n) is 6.87. The Balaban J connectivity index is 1.64. The zero-order chi connectivity index (χ0) is 25.6. The van der Waals surface area contributed by atoms with Gasteiger partial charge in [-0.05, 0) is 43.4 Å². The van der Waals surface area contributed by atoms with Crippen LogP contribution in [0, 0.1) is 5.92 Å². The third kappa shape index (κ3) is 4.33. The van der Waals surface area contributed by atoms with Crippen LogP contribution in [0.3, 0.4) is 0 Å². The van der Waals surface area contributed by atoms with Crippen LogP contribution in [0.15, 0.2) is 36.7 Å². The van der Waals surface area contributed by atoms with Crippen molar-refractivity contribution in [1.29, 1.82) is 0 Å². The standard InChI is InChI=1S/C25H26F3N7O/c1-13(30-14(2)36)21-23-18(11-19(31-21)25(26,27)28)22(32-33-23)17-9-5-8-16(10-17)20(15-6-4-7-15)24-34-29-12-35(24)3/h5,8-13,15,20H,4,6-7H2,1-3H3,(H,30,36)(H,32,33)/t13-,20+/m0/s1. The van der Waals surface area contributed by atoms with Crippen LogP contribution < -0.4 is 5.32 Å². The first kappa shape index (κ1) is 24.0. The van der Waals surface area contributed by atoms with E-state index in [0.717, 1.165) is 36.7 Å². The fraction of sp³-hybridized carbons (Fsp3) is 0.400. The molecule has 4 aromatic rings. The van der Waals surface area contributed by atoms with Crippen LogP contribution in [0.1, 0.15) is 67.8 Å². The van der Waals surface area contributed by atoms with Gasteiger partial charge in [-0.3, -0.25) is 9.89 Å². The van der Waals surface area contributed by atoms with Crippen molar-refractivity contribution in [3.8, 4) is 11.3 Å². The molecule has 2 N–H and O–H groups in total. The van der Waals surface area contributed by atoms with Gasteiger partial charge in [-0.2, -0.15) is 18.3 Å². The number of carbonyl (C=O) groups excluding carboxylic acids is 1. The molecule has 0 aliphatic heterocycles. The SMILES string of the molecule is CC(=O)N[C@@H](C)c1nc(C(F)(F)F)cc2c(-c3cccc([C@H](c4nncn4C)C4CCC4)c3)n[nH]c12. The Morgan fingerprint density at radius 1 is 1.25 bits per heavy atom. The lowest BCUT2D eigenvalue weighted by atomic mass is 9.72. The summed E-state index contributed by atoms with van der Waals surface area (Å²) in [6, 6.07) is 7.97. The van der Waals surface area contributed by atoms with Crippen LogP contribution in [-0.2, 0) is 18.0 Å². The molecule has 0 bridgehead atoms. The summed E-state index contributed by atoms with van der Waals surface area (Å²) in [4.78, 5) is 15.4. The molecule has 3 heterocycles. The van der Waals surface area contributed by atoms with Crippen molar-refractivity contribution >= 4 is 16.8 Å². The Labute approximate surface area is 205 Å². The van der Waals surface area contributed by atoms with E-state index in [0.29, 0.717) is 28.1 Å². The van der Waals surface area contributed by atoms with E-state index >= 15 is 0 Å². The van der Waals surface area contributed by atoms with Gasteiger partial charge in [-0.1, -0.05) is 24.6 Å². The molecule has 3 aromatic heterocycles. The number of halogens is 3. The highest BCUT2D eigenvalue weighted by Gasteiger charge is 2.36. The second-order valence-corrected chi connectivity index (χ2v) is 9.40. The lowest BCUT2D eigenvalue weighted by Crippen LogP contribution is -2.25. The second-order valence-electron chi connectivity index (χ2n) is 9.40. The van der Waals surface area contributed by atoms with Crippen molar-refractivity contribution in [2.75, 3.05) is 0 Å². The number of aryl methyl sites for hydroxylation is 1. The molecular formula is C25H26F3N7O. The van der Waals surface area contributed by atoms with Crippen molar-refractivity contribution in [2.24, 2.45) is 13.0 Å². The highest BCUT2D eigenvalue weighted by molar-refractivity contribution is 5.94. The van der Waals surface area contributed by atoms with Gasteiger partial charge in [0, 0.05) is 30.8 Å². The fourth-order valence-corrected chi connectivity index (χ4v) is 4.95. The number of benzene rings is 1. The molecule has 0 spiro atoms. The van der Waals surface area contributed by atoms with Gasteiger partial charge in [0.15, 0.2) is 0 Å². The molecule has 1 aliphatic carbocycles. The average Bonchev–Trinajstić information content (AvgIpc) is 3.40. The Morgan fingerprint density at radius 2 is 2.03 bits per heavy atom. The summed E-state index contributed by atoms with van der Waals surface area (Å²) < 4.78 is 43.2. The van der Waals surface area contributed by atoms with E-state index < -0.39 is 17.9 Å². The zero-order valence-electron chi connectivity index (χ0n) is 20.1. The first-order valence-corrected chi connectivity index (χ1v) is 11.8. The smallest absolute Gasteiger partial charge is 0.348 e. The fourth-order valence-electron chi connectivity index (χ4n) is 4.95. The van der Waals surface area contributed by atoms with Gasteiger partial charge in [0.1, 0.15) is 23.5 Å². The van der Waals surface area contributed by atoms with Gasteiger partial charge in [0.2, 0.25) is 5.91 Å². The van der Waals surface area contributed by atoms with Crippen LogP contribution in [0.4, 0.5) is 13.2 Å². The van der Waals surface area contributed by atoms with Gasteiger partial charge in [-0.15, -0.1) is 10.2 Å². The van der Waals surface area contributed by atoms with Gasteiger partial charge in [0.25, 0.3) is 0 Å². The van der Waals surface area contributed by atoms with E-state index in [4.69, 9.17) is 0 Å². The van der Waals surface area contributed by atoms with E-state index in [1.807, 2.05) is 35.9 Å². The molecule has 0 saturated heterocycles. The third-order valence-corrected chi connectivity index (χ3v) is 6.87. The van der Waals surface area contributed by atoms with E-state index in [1.165, 1.54) is 6.92 Å². The Morgan fingerprint density at radius 3 is 2.64 bits per heavy atom. The predicted octanol–water partition coefficient (Wildman–Crippen LogP) is 4.90. The monoisotopic (exact) mass is 497 g/mol. The predicted molar refractivity (Wildman–Crippen MR) is 127 cm³/mol. The van der Waals surface area contributed by atoms with Gasteiger partial charge in [-0.25, -0.2) is 4.98 Å². The summed E-state index contributed by atoms with van der Waals surface area (Å²) in [5.41, 5.74) is 1.49. The number of pyridine rings is 1. The number of alkyl halides is 3. The summed E-state index contributed by atoms with van der Waals surface area (Å²) >= 11 is 0. The van der Waals surface area contributed by atoms with E-state index in [1.54, 1.807) is 13.3 Å². The Bertz CT molecular complexity index is 1420. The number of H-pyrrole nitrogens is 1. The first-order chi connectivity index (χ1) is 17.1. The number of hydrogen-bond acceptors (Lipinski definition) is 5. The minimum Gasteiger partial charge on any atom is -0.348 e. The summed E-state index contributed by atoms with van der Waals surface area (Å²) in [6.07, 6.45) is 0.340. The van der Waals surface area contributed by atoms with E-state index in [-0.39, 0.29) is 17.5 Å². The van der Waals surface area contributed by atoms with Crippen LogP contribution >= 0.6 is 0 Å². The molecule has 1 aliphatic rings. The number of amides is 1. The quantitative estimate of drug-likeness (QED) is 0.395. The molecular weight excluding hydrogens is 471 g/mol. The molecule has 5 rings (SSSR count). The number of aromatic nitrogens is 6. The molecule has 2 atom stereocenters. The molecule has 1 saturated carbocycles. The molecule has 8 nitrogen and oxygen atoms in total. The minimum absolute atomic E-state index is 0.0270. The normalized spacial score (nSPS) is 16.1. The van der Waals surface area contributed by atoms with Crippen LogP contribution in [0.5, 0.6) is 0 Å². The number of aromatic amines is 1. The van der Waals surface area contributed by atoms with Crippen LogP contribution in [-0.4, -0.2) is 35.9 Å². The number of rotatable bonds is 6. The van der Waals surface area contributed by atoms with E-state index in [9.17, 15) is 18.0 Å². The van der Waals surface area contributed by atoms with Crippen molar-refractivity contribution in [3.63, 3.8) is 0 Å². The Hall–Kier alpha value is -3.76. The summed E-state index contributed by atoms with van der Waals surface area (Å²) in [7, 11) is 1.91. The molecule has 1 amide bonds. The molecule has 1 aromatic carbocycles. The number of carbonyl (C=O) groups is 1. The molecule has 11 heteroatoms. The number of nitrogens with one attached hydrogen (secondary N) is 2. The molecule has 0 unspecified atom stereocenters. The largest absolute Gasteiger partial charge is 0.433 e. The van der Waals surface area contributed by atoms with Crippen LogP contribution in [0.25, 0.3) is 22.2 Å². The number of nitrogens with zero attached hydrogens (tertiary/aromatic N) is 5. The topological polar surface area (TPSA) is 101 Å². The van der Waals surface area contributed by atoms with Gasteiger partial charge < -0.3 is 9.88 Å². The molecule has 1 fully saturated rings. The molecule has 188 valence electrons. The van der Waals surface area contributed by atoms with Crippen LogP contribution in [0.2, 0.25) is 0 Å². The lowest BCUT2D eigenvalue weighted by molar-refractivity contribution is -0.141. The van der Waals surface area contributed by atoms with Crippen molar-refractivity contribution in [2.45, 2.75) is 51.2 Å². The molecule has 36 heavy (non-hydrogen) atoms. The molecule has 0 radical (unpaired) electrons. The van der Waals surface area contributed by atoms with Gasteiger partial charge >= 0.3 is 6.18 Å².